The number of fused-ring (bicyclic) bond motifs is 3. The van der Waals surface area contributed by atoms with Gasteiger partial charge in [-0.1, -0.05) is 23.2 Å². The Morgan fingerprint density at radius 1 is 1.00 bits per heavy atom. The van der Waals surface area contributed by atoms with Crippen LogP contribution in [0.2, 0.25) is 5.02 Å². The number of aryl methyl sites for hydroxylation is 1. The van der Waals surface area contributed by atoms with Crippen LogP contribution in [0.15, 0.2) is 36.4 Å². The van der Waals surface area contributed by atoms with Crippen molar-refractivity contribution in [2.24, 2.45) is 0 Å². The van der Waals surface area contributed by atoms with E-state index in [1.165, 1.54) is 40.2 Å². The zero-order valence-corrected chi connectivity index (χ0v) is 13.0. The molecule has 2 aromatic carbocycles. The van der Waals surface area contributed by atoms with E-state index in [9.17, 15) is 0 Å². The monoisotopic (exact) mass is 298 g/mol. The summed E-state index contributed by atoms with van der Waals surface area (Å²) in [5.74, 6) is 0. The lowest BCUT2D eigenvalue weighted by Gasteiger charge is -2.26. The quantitative estimate of drug-likeness (QED) is 0.690. The molecule has 4 rings (SSSR count). The lowest BCUT2D eigenvalue weighted by molar-refractivity contribution is 0.383. The number of rotatable bonds is 1. The second-order valence-corrected chi connectivity index (χ2v) is 6.47. The SMILES string of the molecule is Cc1ccc2c(c1)c1cc(Cl)ccc1n2C1CCNCC1. The molecule has 0 radical (unpaired) electrons. The number of nitrogens with zero attached hydrogens (tertiary/aromatic N) is 1. The van der Waals surface area contributed by atoms with Crippen molar-refractivity contribution >= 4 is 33.4 Å². The summed E-state index contributed by atoms with van der Waals surface area (Å²) >= 11 is 6.23. The maximum atomic E-state index is 6.23. The second-order valence-electron chi connectivity index (χ2n) is 6.03. The molecule has 108 valence electrons. The Hall–Kier alpha value is -1.51. The Kier molecular flexibility index (Phi) is 3.16. The minimum atomic E-state index is 0.579. The number of hydrogen-bond donors (Lipinski definition) is 1. The first-order valence-electron chi connectivity index (χ1n) is 7.64. The highest BCUT2D eigenvalue weighted by molar-refractivity contribution is 6.31. The van der Waals surface area contributed by atoms with Crippen molar-refractivity contribution in [2.45, 2.75) is 25.8 Å². The molecule has 0 amide bonds. The van der Waals surface area contributed by atoms with Gasteiger partial charge in [-0.3, -0.25) is 0 Å². The molecule has 0 unspecified atom stereocenters. The van der Waals surface area contributed by atoms with Crippen LogP contribution in [0.1, 0.15) is 24.4 Å². The molecule has 1 aliphatic rings. The molecule has 3 aromatic rings. The molecule has 0 saturated carbocycles. The van der Waals surface area contributed by atoms with Crippen molar-refractivity contribution in [1.82, 2.24) is 9.88 Å². The van der Waals surface area contributed by atoms with E-state index in [1.54, 1.807) is 0 Å². The molecule has 0 aliphatic carbocycles. The van der Waals surface area contributed by atoms with Crippen LogP contribution in [0.5, 0.6) is 0 Å². The van der Waals surface area contributed by atoms with E-state index in [1.807, 2.05) is 6.07 Å². The highest BCUT2D eigenvalue weighted by Gasteiger charge is 2.20. The predicted octanol–water partition coefficient (Wildman–Crippen LogP) is 4.68. The first kappa shape index (κ1) is 13.2. The molecule has 1 aliphatic heterocycles. The highest BCUT2D eigenvalue weighted by atomic mass is 35.5. The van der Waals surface area contributed by atoms with Gasteiger partial charge in [0.05, 0.1) is 0 Å². The van der Waals surface area contributed by atoms with Crippen LogP contribution in [0.3, 0.4) is 0 Å². The van der Waals surface area contributed by atoms with Gasteiger partial charge in [0.15, 0.2) is 0 Å². The Balaban J connectivity index is 2.06. The van der Waals surface area contributed by atoms with Crippen molar-refractivity contribution in [3.8, 4) is 0 Å². The molecular formula is C18H19ClN2. The average molecular weight is 299 g/mol. The van der Waals surface area contributed by atoms with Crippen LogP contribution in [-0.4, -0.2) is 17.7 Å². The van der Waals surface area contributed by atoms with Gasteiger partial charge in [-0.25, -0.2) is 0 Å². The lowest BCUT2D eigenvalue weighted by Crippen LogP contribution is -2.29. The molecule has 3 heteroatoms. The van der Waals surface area contributed by atoms with Gasteiger partial charge in [0, 0.05) is 32.9 Å². The lowest BCUT2D eigenvalue weighted by atomic mass is 10.1. The summed E-state index contributed by atoms with van der Waals surface area (Å²) in [4.78, 5) is 0. The zero-order chi connectivity index (χ0) is 14.4. The molecule has 1 saturated heterocycles. The van der Waals surface area contributed by atoms with Crippen molar-refractivity contribution in [1.29, 1.82) is 0 Å². The smallest absolute Gasteiger partial charge is 0.0495 e. The van der Waals surface area contributed by atoms with Crippen LogP contribution in [0.4, 0.5) is 0 Å². The number of hydrogen-bond acceptors (Lipinski definition) is 1. The van der Waals surface area contributed by atoms with Gasteiger partial charge in [-0.15, -0.1) is 0 Å². The standard InChI is InChI=1S/C18H19ClN2/c1-12-2-4-17-15(10-12)16-11-13(19)3-5-18(16)21(17)14-6-8-20-9-7-14/h2-5,10-11,14,20H,6-9H2,1H3. The molecule has 21 heavy (non-hydrogen) atoms. The normalized spacial score (nSPS) is 16.9. The summed E-state index contributed by atoms with van der Waals surface area (Å²) in [5, 5.41) is 6.87. The largest absolute Gasteiger partial charge is 0.337 e. The Bertz CT molecular complexity index is 754. The van der Waals surface area contributed by atoms with E-state index >= 15 is 0 Å². The average Bonchev–Trinajstić information content (AvgIpc) is 2.81. The molecule has 0 bridgehead atoms. The molecule has 1 N–H and O–H groups in total. The first-order valence-corrected chi connectivity index (χ1v) is 8.02. The van der Waals surface area contributed by atoms with E-state index in [2.05, 4.69) is 47.1 Å². The fourth-order valence-corrected chi connectivity index (χ4v) is 3.77. The molecule has 2 heterocycles. The van der Waals surface area contributed by atoms with E-state index in [0.29, 0.717) is 6.04 Å². The van der Waals surface area contributed by atoms with Gasteiger partial charge in [0.1, 0.15) is 0 Å². The molecular weight excluding hydrogens is 280 g/mol. The third-order valence-electron chi connectivity index (χ3n) is 4.59. The van der Waals surface area contributed by atoms with Gasteiger partial charge in [-0.2, -0.15) is 0 Å². The van der Waals surface area contributed by atoms with E-state index in [-0.39, 0.29) is 0 Å². The second kappa shape index (κ2) is 5.04. The summed E-state index contributed by atoms with van der Waals surface area (Å²) in [7, 11) is 0. The molecule has 0 spiro atoms. The van der Waals surface area contributed by atoms with Crippen molar-refractivity contribution in [2.75, 3.05) is 13.1 Å². The van der Waals surface area contributed by atoms with Crippen LogP contribution < -0.4 is 5.32 Å². The van der Waals surface area contributed by atoms with E-state index in [4.69, 9.17) is 11.6 Å². The summed E-state index contributed by atoms with van der Waals surface area (Å²) in [6, 6.07) is 13.6. The summed E-state index contributed by atoms with van der Waals surface area (Å²) in [6.07, 6.45) is 2.38. The third-order valence-corrected chi connectivity index (χ3v) is 4.83. The Morgan fingerprint density at radius 3 is 2.43 bits per heavy atom. The maximum Gasteiger partial charge on any atom is 0.0495 e. The van der Waals surface area contributed by atoms with E-state index < -0.39 is 0 Å². The predicted molar refractivity (Wildman–Crippen MR) is 90.3 cm³/mol. The van der Waals surface area contributed by atoms with E-state index in [0.717, 1.165) is 18.1 Å². The summed E-state index contributed by atoms with van der Waals surface area (Å²) < 4.78 is 2.53. The number of piperidine rings is 1. The van der Waals surface area contributed by atoms with Gasteiger partial charge < -0.3 is 9.88 Å². The Morgan fingerprint density at radius 2 is 1.67 bits per heavy atom. The fourth-order valence-electron chi connectivity index (χ4n) is 3.60. The summed E-state index contributed by atoms with van der Waals surface area (Å²) in [5.41, 5.74) is 3.95. The number of halogens is 1. The minimum absolute atomic E-state index is 0.579. The fraction of sp³-hybridized carbons (Fsp3) is 0.333. The van der Waals surface area contributed by atoms with Crippen LogP contribution in [0.25, 0.3) is 21.8 Å². The molecule has 1 fully saturated rings. The molecule has 2 nitrogen and oxygen atoms in total. The number of nitrogens with one attached hydrogen (secondary N) is 1. The van der Waals surface area contributed by atoms with Gasteiger partial charge >= 0.3 is 0 Å². The van der Waals surface area contributed by atoms with Crippen molar-refractivity contribution < 1.29 is 0 Å². The molecule has 0 atom stereocenters. The van der Waals surface area contributed by atoms with Gasteiger partial charge in [-0.05, 0) is 63.2 Å². The highest BCUT2D eigenvalue weighted by Crippen LogP contribution is 2.36. The molecule has 1 aromatic heterocycles. The van der Waals surface area contributed by atoms with Crippen molar-refractivity contribution in [3.05, 3.63) is 47.0 Å². The minimum Gasteiger partial charge on any atom is -0.337 e. The first-order chi connectivity index (χ1) is 10.2. The van der Waals surface area contributed by atoms with Gasteiger partial charge in [0.25, 0.3) is 0 Å². The topological polar surface area (TPSA) is 17.0 Å². The van der Waals surface area contributed by atoms with Crippen LogP contribution in [-0.2, 0) is 0 Å². The van der Waals surface area contributed by atoms with Crippen LogP contribution in [0, 0.1) is 6.92 Å². The van der Waals surface area contributed by atoms with Gasteiger partial charge in [0.2, 0.25) is 0 Å². The number of benzene rings is 2. The summed E-state index contributed by atoms with van der Waals surface area (Å²) in [6.45, 7) is 4.36. The zero-order valence-electron chi connectivity index (χ0n) is 12.2. The van der Waals surface area contributed by atoms with Crippen LogP contribution >= 0.6 is 11.6 Å². The maximum absolute atomic E-state index is 6.23. The number of aromatic nitrogens is 1. The Labute approximate surface area is 129 Å². The third kappa shape index (κ3) is 2.14. The van der Waals surface area contributed by atoms with Crippen molar-refractivity contribution in [3.63, 3.8) is 0 Å².